The average molecular weight is 397 g/mol. The van der Waals surface area contributed by atoms with E-state index < -0.39 is 17.4 Å². The van der Waals surface area contributed by atoms with Crippen LogP contribution in [0, 0.1) is 23.2 Å². The molecule has 0 saturated heterocycles. The monoisotopic (exact) mass is 396 g/mol. The zero-order chi connectivity index (χ0) is 21.0. The Hall–Kier alpha value is -1.06. The Morgan fingerprint density at radius 1 is 0.893 bits per heavy atom. The smallest absolute Gasteiger partial charge is 0.310 e. The quantitative estimate of drug-likeness (QED) is 0.295. The molecule has 0 radical (unpaired) electrons. The minimum absolute atomic E-state index is 0.0154. The van der Waals surface area contributed by atoms with Gasteiger partial charge in [-0.2, -0.15) is 0 Å². The van der Waals surface area contributed by atoms with Crippen LogP contribution in [-0.2, 0) is 9.59 Å². The number of unbranched alkanes of at least 4 members (excludes halogenated alkanes) is 10. The van der Waals surface area contributed by atoms with Crippen molar-refractivity contribution in [2.45, 2.75) is 117 Å². The maximum absolute atomic E-state index is 12.2. The topological polar surface area (TPSA) is 74.6 Å². The van der Waals surface area contributed by atoms with E-state index in [2.05, 4.69) is 6.92 Å². The molecule has 3 atom stereocenters. The van der Waals surface area contributed by atoms with Gasteiger partial charge in [0.05, 0.1) is 11.3 Å². The maximum atomic E-state index is 12.2. The van der Waals surface area contributed by atoms with Crippen molar-refractivity contribution >= 4 is 11.9 Å². The lowest BCUT2D eigenvalue weighted by Gasteiger charge is -2.45. The van der Waals surface area contributed by atoms with Gasteiger partial charge in [-0.1, -0.05) is 91.4 Å². The summed E-state index contributed by atoms with van der Waals surface area (Å²) in [5.41, 5.74) is -0.746. The van der Waals surface area contributed by atoms with E-state index in [0.717, 1.165) is 19.3 Å². The minimum atomic E-state index is -0.758. The van der Waals surface area contributed by atoms with E-state index in [1.54, 1.807) is 0 Å². The third-order valence-electron chi connectivity index (χ3n) is 7.14. The van der Waals surface area contributed by atoms with Crippen molar-refractivity contribution in [1.29, 1.82) is 0 Å². The van der Waals surface area contributed by atoms with Crippen molar-refractivity contribution in [3.63, 3.8) is 0 Å². The van der Waals surface area contributed by atoms with Crippen LogP contribution in [0.2, 0.25) is 0 Å². The molecule has 0 spiro atoms. The molecule has 0 aliphatic heterocycles. The van der Waals surface area contributed by atoms with Gasteiger partial charge in [0.2, 0.25) is 0 Å². The van der Waals surface area contributed by atoms with Gasteiger partial charge in [0.1, 0.15) is 0 Å². The van der Waals surface area contributed by atoms with Crippen LogP contribution >= 0.6 is 0 Å². The number of carboxylic acid groups (broad SMARTS) is 2. The fourth-order valence-corrected chi connectivity index (χ4v) is 5.23. The number of hydrogen-bond acceptors (Lipinski definition) is 2. The molecule has 1 rings (SSSR count). The molecule has 0 amide bonds. The summed E-state index contributed by atoms with van der Waals surface area (Å²) >= 11 is 0. The van der Waals surface area contributed by atoms with Gasteiger partial charge in [-0.15, -0.1) is 0 Å². The summed E-state index contributed by atoms with van der Waals surface area (Å²) in [7, 11) is 0. The molecular weight excluding hydrogens is 352 g/mol. The summed E-state index contributed by atoms with van der Waals surface area (Å²) in [6, 6.07) is 0. The number of aliphatic carboxylic acids is 2. The molecule has 1 saturated carbocycles. The zero-order valence-corrected chi connectivity index (χ0v) is 18.5. The van der Waals surface area contributed by atoms with Gasteiger partial charge in [0, 0.05) is 0 Å². The molecule has 0 heterocycles. The van der Waals surface area contributed by atoms with Crippen molar-refractivity contribution in [1.82, 2.24) is 0 Å². The van der Waals surface area contributed by atoms with Crippen molar-refractivity contribution in [3.05, 3.63) is 0 Å². The molecular formula is C24H44O4. The van der Waals surface area contributed by atoms with Gasteiger partial charge >= 0.3 is 11.9 Å². The SMILES string of the molecule is CCCCCCCCCCCCCC1CC(C(=O)O)CCC1(C(=O)O)C(C)C. The van der Waals surface area contributed by atoms with Crippen LogP contribution in [-0.4, -0.2) is 22.2 Å². The van der Waals surface area contributed by atoms with Crippen LogP contribution in [0.25, 0.3) is 0 Å². The first-order valence-electron chi connectivity index (χ1n) is 11.8. The minimum Gasteiger partial charge on any atom is -0.481 e. The Morgan fingerprint density at radius 2 is 1.39 bits per heavy atom. The molecule has 0 aromatic carbocycles. The van der Waals surface area contributed by atoms with Crippen molar-refractivity contribution < 1.29 is 19.8 Å². The molecule has 0 bridgehead atoms. The summed E-state index contributed by atoms with van der Waals surface area (Å²) < 4.78 is 0. The molecule has 4 nitrogen and oxygen atoms in total. The number of hydrogen-bond donors (Lipinski definition) is 2. The Bertz CT molecular complexity index is 460. The Morgan fingerprint density at radius 3 is 1.82 bits per heavy atom. The van der Waals surface area contributed by atoms with Gasteiger partial charge in [-0.25, -0.2) is 0 Å². The van der Waals surface area contributed by atoms with Crippen LogP contribution < -0.4 is 0 Å². The highest BCUT2D eigenvalue weighted by Crippen LogP contribution is 2.51. The van der Waals surface area contributed by atoms with E-state index in [0.29, 0.717) is 19.3 Å². The number of carboxylic acids is 2. The maximum Gasteiger partial charge on any atom is 0.310 e. The first kappa shape index (κ1) is 25.0. The first-order chi connectivity index (χ1) is 13.4. The summed E-state index contributed by atoms with van der Waals surface area (Å²) in [4.78, 5) is 23.6. The first-order valence-corrected chi connectivity index (χ1v) is 11.8. The predicted molar refractivity (Wildman–Crippen MR) is 114 cm³/mol. The van der Waals surface area contributed by atoms with Crippen molar-refractivity contribution in [2.75, 3.05) is 0 Å². The van der Waals surface area contributed by atoms with E-state index in [4.69, 9.17) is 0 Å². The van der Waals surface area contributed by atoms with Gasteiger partial charge in [0.15, 0.2) is 0 Å². The highest BCUT2D eigenvalue weighted by atomic mass is 16.4. The van der Waals surface area contributed by atoms with Gasteiger partial charge in [-0.05, 0) is 37.5 Å². The Kier molecular flexibility index (Phi) is 11.8. The standard InChI is InChI=1S/C24H44O4/c1-4-5-6-7-8-9-10-11-12-13-14-15-21-18-20(22(25)26)16-17-24(21,19(2)3)23(27)28/h19-21H,4-18H2,1-3H3,(H,25,26)(H,27,28). The van der Waals surface area contributed by atoms with E-state index >= 15 is 0 Å². The summed E-state index contributed by atoms with van der Waals surface area (Å²) in [6.45, 7) is 6.22. The highest BCUT2D eigenvalue weighted by Gasteiger charge is 2.51. The molecule has 28 heavy (non-hydrogen) atoms. The second kappa shape index (κ2) is 13.2. The third kappa shape index (κ3) is 7.40. The van der Waals surface area contributed by atoms with Gasteiger partial charge in [0.25, 0.3) is 0 Å². The number of carbonyl (C=O) groups is 2. The van der Waals surface area contributed by atoms with Crippen LogP contribution in [0.4, 0.5) is 0 Å². The van der Waals surface area contributed by atoms with Gasteiger partial charge < -0.3 is 10.2 Å². The summed E-state index contributed by atoms with van der Waals surface area (Å²) in [5, 5.41) is 19.4. The molecule has 1 fully saturated rings. The van der Waals surface area contributed by atoms with E-state index in [1.807, 2.05) is 13.8 Å². The molecule has 164 valence electrons. The summed E-state index contributed by atoms with van der Waals surface area (Å²) in [5.74, 6) is -1.83. The molecule has 4 heteroatoms. The molecule has 0 aromatic heterocycles. The third-order valence-corrected chi connectivity index (χ3v) is 7.14. The molecule has 1 aliphatic carbocycles. The van der Waals surface area contributed by atoms with E-state index in [9.17, 15) is 19.8 Å². The lowest BCUT2D eigenvalue weighted by atomic mass is 9.57. The van der Waals surface area contributed by atoms with Crippen LogP contribution in [0.1, 0.15) is 117 Å². The molecule has 1 aliphatic rings. The molecule has 3 unspecified atom stereocenters. The fraction of sp³-hybridized carbons (Fsp3) is 0.917. The molecule has 0 aromatic rings. The normalized spacial score (nSPS) is 25.1. The van der Waals surface area contributed by atoms with Crippen LogP contribution in [0.5, 0.6) is 0 Å². The summed E-state index contributed by atoms with van der Waals surface area (Å²) in [6.07, 6.45) is 16.4. The van der Waals surface area contributed by atoms with Crippen molar-refractivity contribution in [3.8, 4) is 0 Å². The fourth-order valence-electron chi connectivity index (χ4n) is 5.23. The predicted octanol–water partition coefficient (Wildman–Crippen LogP) is 6.92. The van der Waals surface area contributed by atoms with Crippen LogP contribution in [0.3, 0.4) is 0 Å². The lowest BCUT2D eigenvalue weighted by Crippen LogP contribution is -2.48. The van der Waals surface area contributed by atoms with Gasteiger partial charge in [-0.3, -0.25) is 9.59 Å². The zero-order valence-electron chi connectivity index (χ0n) is 18.5. The van der Waals surface area contributed by atoms with E-state index in [-0.39, 0.29) is 17.8 Å². The average Bonchev–Trinajstić information content (AvgIpc) is 2.65. The lowest BCUT2D eigenvalue weighted by molar-refractivity contribution is -0.165. The Balaban J connectivity index is 2.37. The second-order valence-electron chi connectivity index (χ2n) is 9.33. The second-order valence-corrected chi connectivity index (χ2v) is 9.33. The van der Waals surface area contributed by atoms with E-state index in [1.165, 1.54) is 57.8 Å². The Labute approximate surface area is 172 Å². The molecule has 2 N–H and O–H groups in total. The van der Waals surface area contributed by atoms with Crippen molar-refractivity contribution in [2.24, 2.45) is 23.2 Å². The van der Waals surface area contributed by atoms with Crippen LogP contribution in [0.15, 0.2) is 0 Å². The number of rotatable bonds is 15. The largest absolute Gasteiger partial charge is 0.481 e. The highest BCUT2D eigenvalue weighted by molar-refractivity contribution is 5.77.